The minimum atomic E-state index is -0.455. The standard InChI is InChI=1S/C29H34N4O4S/c1-6-19(4)21-9-7-8-10-23(21)36-13-14-37-24-12-11-20(17-25(24)35-5)16-22-27(30)33-29(31-28(22)34)38-26(32-33)15-18(2)3/h7-12,16-19,30H,6,13-15H2,1-5H3/b22-16+,30-27?/t19-/m0/s1. The third-order valence-electron chi connectivity index (χ3n) is 6.24. The lowest BCUT2D eigenvalue weighted by Gasteiger charge is -2.20. The van der Waals surface area contributed by atoms with E-state index in [1.54, 1.807) is 25.3 Å². The zero-order valence-corrected chi connectivity index (χ0v) is 23.3. The molecule has 0 fully saturated rings. The number of aliphatic imine (C=N–C) groups is 1. The second kappa shape index (κ2) is 12.3. The minimum absolute atomic E-state index is 0.0142. The molecule has 0 saturated heterocycles. The Bertz CT molecular complexity index is 1300. The smallest absolute Gasteiger partial charge is 0.283 e. The van der Waals surface area contributed by atoms with Crippen LogP contribution in [0.5, 0.6) is 17.2 Å². The number of ether oxygens (including phenoxy) is 3. The van der Waals surface area contributed by atoms with E-state index < -0.39 is 5.91 Å². The first-order valence-corrected chi connectivity index (χ1v) is 13.6. The summed E-state index contributed by atoms with van der Waals surface area (Å²) in [6.07, 6.45) is 3.44. The first-order valence-electron chi connectivity index (χ1n) is 12.8. The number of carbonyl (C=O) groups is 1. The maximum atomic E-state index is 12.7. The zero-order valence-electron chi connectivity index (χ0n) is 22.5. The predicted octanol–water partition coefficient (Wildman–Crippen LogP) is 6.33. The van der Waals surface area contributed by atoms with E-state index in [1.807, 2.05) is 24.3 Å². The summed E-state index contributed by atoms with van der Waals surface area (Å²) in [6, 6.07) is 13.5. The topological polar surface area (TPSA) is 96.6 Å². The number of hydrazone groups is 1. The SMILES string of the molecule is CC[C@H](C)c1ccccc1OCCOc1ccc(/C=C2\C(=N)N3N=C(CC(C)C)SC3=NC2=O)cc1OC. The Kier molecular flexibility index (Phi) is 8.89. The largest absolute Gasteiger partial charge is 0.493 e. The monoisotopic (exact) mass is 534 g/mol. The van der Waals surface area contributed by atoms with Crippen LogP contribution in [0.1, 0.15) is 57.6 Å². The van der Waals surface area contributed by atoms with Crippen LogP contribution in [-0.2, 0) is 4.79 Å². The van der Waals surface area contributed by atoms with Crippen molar-refractivity contribution in [3.63, 3.8) is 0 Å². The number of amidine groups is 2. The molecule has 0 spiro atoms. The molecule has 0 saturated carbocycles. The Labute approximate surface area is 228 Å². The molecule has 0 bridgehead atoms. The summed E-state index contributed by atoms with van der Waals surface area (Å²) in [5.74, 6) is 2.36. The summed E-state index contributed by atoms with van der Waals surface area (Å²) in [5, 5.41) is 15.8. The van der Waals surface area contributed by atoms with Crippen LogP contribution in [-0.4, -0.2) is 47.3 Å². The molecule has 200 valence electrons. The summed E-state index contributed by atoms with van der Waals surface area (Å²) in [7, 11) is 1.56. The third kappa shape index (κ3) is 6.27. The Balaban J connectivity index is 1.42. The highest BCUT2D eigenvalue weighted by molar-refractivity contribution is 8.26. The van der Waals surface area contributed by atoms with E-state index in [0.717, 1.165) is 23.6 Å². The van der Waals surface area contributed by atoms with Crippen LogP contribution in [0.4, 0.5) is 0 Å². The zero-order chi connectivity index (χ0) is 27.2. The van der Waals surface area contributed by atoms with Gasteiger partial charge >= 0.3 is 0 Å². The molecule has 0 aliphatic carbocycles. The van der Waals surface area contributed by atoms with Crippen LogP contribution < -0.4 is 14.2 Å². The predicted molar refractivity (Wildman–Crippen MR) is 154 cm³/mol. The lowest BCUT2D eigenvalue weighted by atomic mass is 9.98. The van der Waals surface area contributed by atoms with E-state index in [0.29, 0.717) is 47.3 Å². The average Bonchev–Trinajstić information content (AvgIpc) is 3.30. The quantitative estimate of drug-likeness (QED) is 0.267. The fourth-order valence-electron chi connectivity index (χ4n) is 4.07. The van der Waals surface area contributed by atoms with Gasteiger partial charge in [0.1, 0.15) is 24.0 Å². The van der Waals surface area contributed by atoms with Crippen LogP contribution >= 0.6 is 11.8 Å². The van der Waals surface area contributed by atoms with Crippen molar-refractivity contribution in [2.24, 2.45) is 16.0 Å². The van der Waals surface area contributed by atoms with Crippen molar-refractivity contribution in [3.8, 4) is 17.2 Å². The Morgan fingerprint density at radius 3 is 2.50 bits per heavy atom. The minimum Gasteiger partial charge on any atom is -0.493 e. The fraction of sp³-hybridized carbons (Fsp3) is 0.379. The van der Waals surface area contributed by atoms with Gasteiger partial charge in [0.15, 0.2) is 17.3 Å². The summed E-state index contributed by atoms with van der Waals surface area (Å²) < 4.78 is 17.5. The van der Waals surface area contributed by atoms with Crippen molar-refractivity contribution >= 4 is 39.8 Å². The van der Waals surface area contributed by atoms with Gasteiger partial charge in [-0.25, -0.2) is 0 Å². The summed E-state index contributed by atoms with van der Waals surface area (Å²) >= 11 is 1.35. The normalized spacial score (nSPS) is 16.9. The lowest BCUT2D eigenvalue weighted by Crippen LogP contribution is -2.35. The molecule has 1 N–H and O–H groups in total. The van der Waals surface area contributed by atoms with E-state index in [4.69, 9.17) is 19.6 Å². The molecular formula is C29H34N4O4S. The van der Waals surface area contributed by atoms with E-state index >= 15 is 0 Å². The molecular weight excluding hydrogens is 500 g/mol. The van der Waals surface area contributed by atoms with E-state index in [1.165, 1.54) is 22.3 Å². The van der Waals surface area contributed by atoms with Crippen LogP contribution in [0.25, 0.3) is 6.08 Å². The van der Waals surface area contributed by atoms with Gasteiger partial charge in [-0.2, -0.15) is 15.1 Å². The van der Waals surface area contributed by atoms with E-state index in [-0.39, 0.29) is 11.4 Å². The summed E-state index contributed by atoms with van der Waals surface area (Å²) in [5.41, 5.74) is 2.06. The van der Waals surface area contributed by atoms with Gasteiger partial charge in [0, 0.05) is 6.42 Å². The molecule has 0 aromatic heterocycles. The number of rotatable bonds is 11. The molecule has 9 heteroatoms. The van der Waals surface area contributed by atoms with E-state index in [9.17, 15) is 4.79 Å². The van der Waals surface area contributed by atoms with Gasteiger partial charge < -0.3 is 14.2 Å². The molecule has 1 amide bonds. The Morgan fingerprint density at radius 1 is 1.05 bits per heavy atom. The second-order valence-corrected chi connectivity index (χ2v) is 10.6. The van der Waals surface area contributed by atoms with Crippen molar-refractivity contribution in [2.75, 3.05) is 20.3 Å². The fourth-order valence-corrected chi connectivity index (χ4v) is 5.16. The van der Waals surface area contributed by atoms with Crippen LogP contribution in [0, 0.1) is 11.3 Å². The van der Waals surface area contributed by atoms with Crippen molar-refractivity contribution in [1.29, 1.82) is 5.41 Å². The lowest BCUT2D eigenvalue weighted by molar-refractivity contribution is -0.114. The molecule has 38 heavy (non-hydrogen) atoms. The Hall–Kier alpha value is -3.59. The number of carbonyl (C=O) groups excluding carboxylic acids is 1. The second-order valence-electron chi connectivity index (χ2n) is 9.57. The molecule has 0 unspecified atom stereocenters. The van der Waals surface area contributed by atoms with Gasteiger partial charge in [0.2, 0.25) is 5.17 Å². The van der Waals surface area contributed by atoms with Gasteiger partial charge in [0.25, 0.3) is 5.91 Å². The van der Waals surface area contributed by atoms with Gasteiger partial charge in [-0.1, -0.05) is 52.0 Å². The van der Waals surface area contributed by atoms with Gasteiger partial charge in [0.05, 0.1) is 12.7 Å². The number of para-hydroxylation sites is 1. The highest BCUT2D eigenvalue weighted by Crippen LogP contribution is 2.33. The molecule has 2 aromatic carbocycles. The third-order valence-corrected chi connectivity index (χ3v) is 7.17. The number of fused-ring (bicyclic) bond motifs is 1. The molecule has 2 aromatic rings. The number of nitrogens with zero attached hydrogens (tertiary/aromatic N) is 3. The molecule has 2 heterocycles. The number of hydrogen-bond acceptors (Lipinski definition) is 7. The van der Waals surface area contributed by atoms with Gasteiger partial charge in [-0.15, -0.1) is 0 Å². The maximum Gasteiger partial charge on any atom is 0.283 e. The van der Waals surface area contributed by atoms with Crippen molar-refractivity contribution < 1.29 is 19.0 Å². The molecule has 4 rings (SSSR count). The number of amides is 1. The van der Waals surface area contributed by atoms with E-state index in [2.05, 4.69) is 43.9 Å². The molecule has 8 nitrogen and oxygen atoms in total. The molecule has 0 radical (unpaired) electrons. The van der Waals surface area contributed by atoms with Crippen molar-refractivity contribution in [2.45, 2.75) is 46.5 Å². The van der Waals surface area contributed by atoms with Crippen molar-refractivity contribution in [3.05, 3.63) is 59.2 Å². The highest BCUT2D eigenvalue weighted by Gasteiger charge is 2.35. The van der Waals surface area contributed by atoms with Crippen LogP contribution in [0.3, 0.4) is 0 Å². The number of methoxy groups -OCH3 is 1. The Morgan fingerprint density at radius 2 is 1.79 bits per heavy atom. The maximum absolute atomic E-state index is 12.7. The van der Waals surface area contributed by atoms with Gasteiger partial charge in [-0.05, 0) is 65.4 Å². The molecule has 2 aliphatic rings. The first kappa shape index (κ1) is 27.4. The van der Waals surface area contributed by atoms with Crippen LogP contribution in [0.2, 0.25) is 0 Å². The van der Waals surface area contributed by atoms with Crippen LogP contribution in [0.15, 0.2) is 58.1 Å². The average molecular weight is 535 g/mol. The number of thioether (sulfide) groups is 1. The molecule has 1 atom stereocenters. The number of benzene rings is 2. The highest BCUT2D eigenvalue weighted by atomic mass is 32.2. The first-order chi connectivity index (χ1) is 18.3. The number of hydrogen-bond donors (Lipinski definition) is 1. The van der Waals surface area contributed by atoms with Gasteiger partial charge in [-0.3, -0.25) is 10.2 Å². The number of nitrogens with one attached hydrogen (secondary N) is 1. The van der Waals surface area contributed by atoms with Crippen molar-refractivity contribution in [1.82, 2.24) is 5.01 Å². The summed E-state index contributed by atoms with van der Waals surface area (Å²) in [4.78, 5) is 16.9. The summed E-state index contributed by atoms with van der Waals surface area (Å²) in [6.45, 7) is 9.29. The molecule has 2 aliphatic heterocycles.